The Morgan fingerprint density at radius 2 is 2.25 bits per heavy atom. The Morgan fingerprint density at radius 1 is 1.50 bits per heavy atom. The van der Waals surface area contributed by atoms with Crippen LogP contribution in [0.5, 0.6) is 0 Å². The summed E-state index contributed by atoms with van der Waals surface area (Å²) >= 11 is 8.12. The minimum Gasteiger partial charge on any atom is -0.352 e. The van der Waals surface area contributed by atoms with E-state index in [9.17, 15) is 4.79 Å². The van der Waals surface area contributed by atoms with Crippen LogP contribution in [0.3, 0.4) is 0 Å². The smallest absolute Gasteiger partial charge is 0.251 e. The fraction of sp³-hybridized carbons (Fsp3) is 0.417. The van der Waals surface area contributed by atoms with Crippen LogP contribution >= 0.6 is 34.2 Å². The molecule has 0 spiro atoms. The van der Waals surface area contributed by atoms with E-state index >= 15 is 0 Å². The maximum Gasteiger partial charge on any atom is 0.251 e. The van der Waals surface area contributed by atoms with E-state index in [0.717, 1.165) is 10.1 Å². The molecule has 1 aromatic carbocycles. The van der Waals surface area contributed by atoms with Gasteiger partial charge in [-0.05, 0) is 59.5 Å². The van der Waals surface area contributed by atoms with Crippen molar-refractivity contribution in [2.24, 2.45) is 5.92 Å². The molecule has 0 bridgehead atoms. The first kappa shape index (κ1) is 12.2. The van der Waals surface area contributed by atoms with Gasteiger partial charge in [-0.3, -0.25) is 4.79 Å². The van der Waals surface area contributed by atoms with E-state index in [1.165, 1.54) is 19.3 Å². The average Bonchev–Trinajstić information content (AvgIpc) is 2.19. The number of carbonyl (C=O) groups is 1. The molecule has 1 aromatic rings. The molecule has 0 aliphatic heterocycles. The fourth-order valence-electron chi connectivity index (χ4n) is 1.67. The lowest BCUT2D eigenvalue weighted by Crippen LogP contribution is -2.32. The number of carbonyl (C=O) groups excluding carboxylic acids is 1. The van der Waals surface area contributed by atoms with Crippen molar-refractivity contribution in [3.05, 3.63) is 32.4 Å². The van der Waals surface area contributed by atoms with Gasteiger partial charge < -0.3 is 5.32 Å². The number of halogens is 2. The second-order valence-electron chi connectivity index (χ2n) is 4.14. The lowest BCUT2D eigenvalue weighted by atomic mass is 9.85. The van der Waals surface area contributed by atoms with Crippen molar-refractivity contribution in [2.75, 3.05) is 6.54 Å². The first-order valence-electron chi connectivity index (χ1n) is 5.40. The van der Waals surface area contributed by atoms with Gasteiger partial charge in [0.15, 0.2) is 0 Å². The lowest BCUT2D eigenvalue weighted by Gasteiger charge is -2.25. The highest BCUT2D eigenvalue weighted by Gasteiger charge is 2.18. The van der Waals surface area contributed by atoms with Crippen molar-refractivity contribution >= 4 is 40.1 Å². The molecule has 2 rings (SSSR count). The van der Waals surface area contributed by atoms with Gasteiger partial charge in [0.2, 0.25) is 0 Å². The van der Waals surface area contributed by atoms with Gasteiger partial charge in [-0.2, -0.15) is 0 Å². The van der Waals surface area contributed by atoms with Gasteiger partial charge >= 0.3 is 0 Å². The largest absolute Gasteiger partial charge is 0.352 e. The molecule has 0 atom stereocenters. The molecule has 1 amide bonds. The minimum absolute atomic E-state index is 0.0230. The molecule has 1 N–H and O–H groups in total. The maximum absolute atomic E-state index is 11.8. The van der Waals surface area contributed by atoms with Gasteiger partial charge in [0.1, 0.15) is 0 Å². The van der Waals surface area contributed by atoms with Crippen molar-refractivity contribution in [1.29, 1.82) is 0 Å². The zero-order valence-corrected chi connectivity index (χ0v) is 11.7. The van der Waals surface area contributed by atoms with Gasteiger partial charge in [-0.25, -0.2) is 0 Å². The van der Waals surface area contributed by atoms with E-state index in [0.29, 0.717) is 16.5 Å². The van der Waals surface area contributed by atoms with Gasteiger partial charge in [0, 0.05) is 15.7 Å². The van der Waals surface area contributed by atoms with Gasteiger partial charge in [0.25, 0.3) is 5.91 Å². The molecule has 0 radical (unpaired) electrons. The topological polar surface area (TPSA) is 29.1 Å². The minimum atomic E-state index is -0.0230. The molecule has 1 fully saturated rings. The second kappa shape index (κ2) is 5.36. The van der Waals surface area contributed by atoms with Crippen LogP contribution < -0.4 is 5.32 Å². The number of hydrogen-bond acceptors (Lipinski definition) is 1. The van der Waals surface area contributed by atoms with E-state index in [1.807, 2.05) is 12.1 Å². The van der Waals surface area contributed by atoms with Gasteiger partial charge in [-0.15, -0.1) is 0 Å². The van der Waals surface area contributed by atoms with Crippen LogP contribution in [0, 0.1) is 9.49 Å². The zero-order chi connectivity index (χ0) is 11.5. The predicted octanol–water partition coefficient (Wildman–Crippen LogP) is 3.47. The molecule has 2 nitrogen and oxygen atoms in total. The van der Waals surface area contributed by atoms with Crippen LogP contribution in [0.25, 0.3) is 0 Å². The summed E-state index contributed by atoms with van der Waals surface area (Å²) in [4.78, 5) is 11.8. The summed E-state index contributed by atoms with van der Waals surface area (Å²) in [5.74, 6) is 0.661. The average molecular weight is 350 g/mol. The molecule has 1 aliphatic rings. The number of nitrogens with one attached hydrogen (secondary N) is 1. The maximum atomic E-state index is 11.8. The molecular formula is C12H13ClINO. The molecule has 0 heterocycles. The van der Waals surface area contributed by atoms with E-state index in [-0.39, 0.29) is 5.91 Å². The fourth-order valence-corrected chi connectivity index (χ4v) is 2.19. The van der Waals surface area contributed by atoms with Crippen LogP contribution in [0.2, 0.25) is 5.02 Å². The standard InChI is InChI=1S/C12H13ClINO/c13-10-6-9(4-5-11(10)14)12(16)15-7-8-2-1-3-8/h4-6,8H,1-3,7H2,(H,15,16). The number of amides is 1. The molecule has 0 aromatic heterocycles. The quantitative estimate of drug-likeness (QED) is 0.832. The van der Waals surface area contributed by atoms with Crippen molar-refractivity contribution in [3.63, 3.8) is 0 Å². The Bertz CT molecular complexity index is 404. The Balaban J connectivity index is 1.94. The SMILES string of the molecule is O=C(NCC1CCC1)c1ccc(I)c(Cl)c1. The van der Waals surface area contributed by atoms with Crippen molar-refractivity contribution in [3.8, 4) is 0 Å². The monoisotopic (exact) mass is 349 g/mol. The molecule has 4 heteroatoms. The Morgan fingerprint density at radius 3 is 2.81 bits per heavy atom. The van der Waals surface area contributed by atoms with Crippen LogP contribution in [0.4, 0.5) is 0 Å². The highest BCUT2D eigenvalue weighted by molar-refractivity contribution is 14.1. The van der Waals surface area contributed by atoms with Crippen molar-refractivity contribution in [2.45, 2.75) is 19.3 Å². The third kappa shape index (κ3) is 2.88. The van der Waals surface area contributed by atoms with Gasteiger partial charge in [-0.1, -0.05) is 18.0 Å². The lowest BCUT2D eigenvalue weighted by molar-refractivity contribution is 0.0939. The Hall–Kier alpha value is -0.290. The van der Waals surface area contributed by atoms with Crippen LogP contribution in [0.15, 0.2) is 18.2 Å². The van der Waals surface area contributed by atoms with Gasteiger partial charge in [0.05, 0.1) is 5.02 Å². The molecule has 1 aliphatic carbocycles. The Kier molecular flexibility index (Phi) is 4.08. The Labute approximate surface area is 114 Å². The highest BCUT2D eigenvalue weighted by atomic mass is 127. The number of hydrogen-bond donors (Lipinski definition) is 1. The molecular weight excluding hydrogens is 336 g/mol. The summed E-state index contributed by atoms with van der Waals surface area (Å²) < 4.78 is 0.967. The first-order valence-corrected chi connectivity index (χ1v) is 6.86. The van der Waals surface area contributed by atoms with Crippen molar-refractivity contribution in [1.82, 2.24) is 5.32 Å². The van der Waals surface area contributed by atoms with E-state index in [1.54, 1.807) is 6.07 Å². The summed E-state index contributed by atoms with van der Waals surface area (Å²) in [6.07, 6.45) is 3.79. The molecule has 86 valence electrons. The van der Waals surface area contributed by atoms with Crippen LogP contribution in [-0.4, -0.2) is 12.5 Å². The summed E-state index contributed by atoms with van der Waals surface area (Å²) in [5.41, 5.74) is 0.643. The summed E-state index contributed by atoms with van der Waals surface area (Å²) in [5, 5.41) is 3.58. The highest BCUT2D eigenvalue weighted by Crippen LogP contribution is 2.25. The van der Waals surface area contributed by atoms with E-state index < -0.39 is 0 Å². The predicted molar refractivity (Wildman–Crippen MR) is 73.8 cm³/mol. The first-order chi connectivity index (χ1) is 7.66. The summed E-state index contributed by atoms with van der Waals surface area (Å²) in [6, 6.07) is 5.39. The third-order valence-corrected chi connectivity index (χ3v) is 4.53. The van der Waals surface area contributed by atoms with Crippen LogP contribution in [-0.2, 0) is 0 Å². The van der Waals surface area contributed by atoms with E-state index in [4.69, 9.17) is 11.6 Å². The molecule has 0 unspecified atom stereocenters. The van der Waals surface area contributed by atoms with Crippen molar-refractivity contribution < 1.29 is 4.79 Å². The molecule has 16 heavy (non-hydrogen) atoms. The zero-order valence-electron chi connectivity index (χ0n) is 8.80. The third-order valence-electron chi connectivity index (χ3n) is 2.96. The molecule has 0 saturated heterocycles. The normalized spacial score (nSPS) is 15.6. The molecule has 1 saturated carbocycles. The summed E-state index contributed by atoms with van der Waals surface area (Å²) in [6.45, 7) is 0.794. The summed E-state index contributed by atoms with van der Waals surface area (Å²) in [7, 11) is 0. The number of rotatable bonds is 3. The second-order valence-corrected chi connectivity index (χ2v) is 5.71. The van der Waals surface area contributed by atoms with E-state index in [2.05, 4.69) is 27.9 Å². The number of benzene rings is 1. The van der Waals surface area contributed by atoms with Crippen LogP contribution in [0.1, 0.15) is 29.6 Å².